The van der Waals surface area contributed by atoms with E-state index in [0.29, 0.717) is 12.3 Å². The standard InChI is InChI=1S/C13H19NO3/c1-13(2,3)14-7-10(15)9-4-5-11-12(6-9)17-8-16-11/h4-6,10,14-15H,7-8H2,1-3H3. The van der Waals surface area contributed by atoms with Crippen LogP contribution in [0.25, 0.3) is 0 Å². The summed E-state index contributed by atoms with van der Waals surface area (Å²) in [6.07, 6.45) is -0.538. The number of benzene rings is 1. The van der Waals surface area contributed by atoms with E-state index in [1.165, 1.54) is 0 Å². The Morgan fingerprint density at radius 3 is 2.71 bits per heavy atom. The second-order valence-electron chi connectivity index (χ2n) is 5.26. The highest BCUT2D eigenvalue weighted by molar-refractivity contribution is 5.45. The molecule has 1 aliphatic heterocycles. The minimum absolute atomic E-state index is 0.00266. The molecule has 4 heteroatoms. The molecule has 17 heavy (non-hydrogen) atoms. The Morgan fingerprint density at radius 2 is 2.00 bits per heavy atom. The third kappa shape index (κ3) is 3.11. The first kappa shape index (κ1) is 12.2. The summed E-state index contributed by atoms with van der Waals surface area (Å²) < 4.78 is 10.5. The average Bonchev–Trinajstić information content (AvgIpc) is 2.71. The molecule has 0 amide bonds. The number of rotatable bonds is 3. The van der Waals surface area contributed by atoms with Crippen LogP contribution in [-0.4, -0.2) is 24.0 Å². The number of aliphatic hydroxyl groups excluding tert-OH is 1. The summed E-state index contributed by atoms with van der Waals surface area (Å²) in [5, 5.41) is 13.3. The van der Waals surface area contributed by atoms with Gasteiger partial charge in [-0.25, -0.2) is 0 Å². The molecular formula is C13H19NO3. The van der Waals surface area contributed by atoms with Crippen molar-refractivity contribution < 1.29 is 14.6 Å². The largest absolute Gasteiger partial charge is 0.454 e. The van der Waals surface area contributed by atoms with Crippen LogP contribution in [0, 0.1) is 0 Å². The average molecular weight is 237 g/mol. The van der Waals surface area contributed by atoms with Gasteiger partial charge in [0.1, 0.15) is 0 Å². The Balaban J connectivity index is 2.02. The van der Waals surface area contributed by atoms with E-state index in [2.05, 4.69) is 26.1 Å². The van der Waals surface area contributed by atoms with E-state index in [9.17, 15) is 5.11 Å². The summed E-state index contributed by atoms with van der Waals surface area (Å²) >= 11 is 0. The van der Waals surface area contributed by atoms with Gasteiger partial charge in [0.05, 0.1) is 6.10 Å². The lowest BCUT2D eigenvalue weighted by atomic mass is 10.1. The van der Waals surface area contributed by atoms with Crippen molar-refractivity contribution in [3.8, 4) is 11.5 Å². The van der Waals surface area contributed by atoms with Crippen LogP contribution in [0.5, 0.6) is 11.5 Å². The third-order valence-corrected chi connectivity index (χ3v) is 2.61. The monoisotopic (exact) mass is 237 g/mol. The van der Waals surface area contributed by atoms with Crippen LogP contribution >= 0.6 is 0 Å². The fourth-order valence-corrected chi connectivity index (χ4v) is 1.64. The number of β-amino-alcohol motifs (C(OH)–C–C–N with tert-alkyl or cyclic N) is 1. The van der Waals surface area contributed by atoms with Crippen molar-refractivity contribution in [3.05, 3.63) is 23.8 Å². The normalized spacial score (nSPS) is 16.0. The fourth-order valence-electron chi connectivity index (χ4n) is 1.64. The lowest BCUT2D eigenvalue weighted by molar-refractivity contribution is 0.162. The molecule has 0 saturated heterocycles. The molecule has 0 fully saturated rings. The smallest absolute Gasteiger partial charge is 0.231 e. The molecule has 1 aromatic rings. The Hall–Kier alpha value is -1.26. The van der Waals surface area contributed by atoms with Crippen molar-refractivity contribution in [3.63, 3.8) is 0 Å². The van der Waals surface area contributed by atoms with E-state index < -0.39 is 6.10 Å². The second-order valence-corrected chi connectivity index (χ2v) is 5.26. The third-order valence-electron chi connectivity index (χ3n) is 2.61. The number of aliphatic hydroxyl groups is 1. The maximum atomic E-state index is 10.1. The molecule has 94 valence electrons. The summed E-state index contributed by atoms with van der Waals surface area (Å²) in [5.74, 6) is 1.45. The Bertz CT molecular complexity index is 398. The van der Waals surface area contributed by atoms with Crippen molar-refractivity contribution in [1.82, 2.24) is 5.32 Å². The van der Waals surface area contributed by atoms with Gasteiger partial charge in [-0.3, -0.25) is 0 Å². The molecule has 0 radical (unpaired) electrons. The quantitative estimate of drug-likeness (QED) is 0.842. The number of nitrogens with one attached hydrogen (secondary N) is 1. The molecule has 2 N–H and O–H groups in total. The maximum absolute atomic E-state index is 10.1. The van der Waals surface area contributed by atoms with Crippen molar-refractivity contribution in [2.45, 2.75) is 32.4 Å². The van der Waals surface area contributed by atoms with E-state index >= 15 is 0 Å². The molecule has 1 unspecified atom stereocenters. The Kier molecular flexibility index (Phi) is 3.26. The molecule has 4 nitrogen and oxygen atoms in total. The Morgan fingerprint density at radius 1 is 1.29 bits per heavy atom. The topological polar surface area (TPSA) is 50.7 Å². The van der Waals surface area contributed by atoms with Gasteiger partial charge in [0.15, 0.2) is 11.5 Å². The van der Waals surface area contributed by atoms with Crippen LogP contribution in [-0.2, 0) is 0 Å². The zero-order valence-electron chi connectivity index (χ0n) is 10.5. The van der Waals surface area contributed by atoms with Gasteiger partial charge in [0.2, 0.25) is 6.79 Å². The second kappa shape index (κ2) is 4.55. The molecule has 0 aliphatic carbocycles. The highest BCUT2D eigenvalue weighted by Gasteiger charge is 2.18. The van der Waals surface area contributed by atoms with Gasteiger partial charge < -0.3 is 19.9 Å². The number of hydrogen-bond donors (Lipinski definition) is 2. The van der Waals surface area contributed by atoms with Crippen LogP contribution in [0.15, 0.2) is 18.2 Å². The van der Waals surface area contributed by atoms with E-state index in [1.54, 1.807) is 0 Å². The van der Waals surface area contributed by atoms with E-state index in [-0.39, 0.29) is 12.3 Å². The highest BCUT2D eigenvalue weighted by atomic mass is 16.7. The SMILES string of the molecule is CC(C)(C)NCC(O)c1ccc2c(c1)OCO2. The predicted molar refractivity (Wildman–Crippen MR) is 65.3 cm³/mol. The minimum Gasteiger partial charge on any atom is -0.454 e. The van der Waals surface area contributed by atoms with E-state index in [0.717, 1.165) is 11.3 Å². The molecule has 1 aliphatic rings. The number of hydrogen-bond acceptors (Lipinski definition) is 4. The van der Waals surface area contributed by atoms with Crippen molar-refractivity contribution in [1.29, 1.82) is 0 Å². The van der Waals surface area contributed by atoms with Gasteiger partial charge in [-0.2, -0.15) is 0 Å². The zero-order valence-corrected chi connectivity index (χ0v) is 10.5. The molecule has 1 heterocycles. The maximum Gasteiger partial charge on any atom is 0.231 e. The van der Waals surface area contributed by atoms with Crippen molar-refractivity contribution in [2.24, 2.45) is 0 Å². The fraction of sp³-hybridized carbons (Fsp3) is 0.538. The van der Waals surface area contributed by atoms with Crippen LogP contribution in [0.3, 0.4) is 0 Å². The van der Waals surface area contributed by atoms with Gasteiger partial charge in [-0.15, -0.1) is 0 Å². The zero-order chi connectivity index (χ0) is 12.5. The predicted octanol–water partition coefficient (Wildman–Crippen LogP) is 1.84. The molecule has 0 bridgehead atoms. The van der Waals surface area contributed by atoms with E-state index in [1.807, 2.05) is 18.2 Å². The number of ether oxygens (including phenoxy) is 2. The molecular weight excluding hydrogens is 218 g/mol. The molecule has 2 rings (SSSR count). The number of fused-ring (bicyclic) bond motifs is 1. The van der Waals surface area contributed by atoms with Gasteiger partial charge in [0.25, 0.3) is 0 Å². The highest BCUT2D eigenvalue weighted by Crippen LogP contribution is 2.34. The van der Waals surface area contributed by atoms with Crippen molar-refractivity contribution >= 4 is 0 Å². The van der Waals surface area contributed by atoms with Gasteiger partial charge >= 0.3 is 0 Å². The molecule has 0 saturated carbocycles. The molecule has 0 spiro atoms. The minimum atomic E-state index is -0.538. The molecule has 1 atom stereocenters. The van der Waals surface area contributed by atoms with Gasteiger partial charge in [-0.1, -0.05) is 6.07 Å². The van der Waals surface area contributed by atoms with Gasteiger partial charge in [-0.05, 0) is 38.5 Å². The van der Waals surface area contributed by atoms with E-state index in [4.69, 9.17) is 9.47 Å². The summed E-state index contributed by atoms with van der Waals surface area (Å²) in [4.78, 5) is 0. The summed E-state index contributed by atoms with van der Waals surface area (Å²) in [7, 11) is 0. The first-order valence-electron chi connectivity index (χ1n) is 5.78. The van der Waals surface area contributed by atoms with Crippen LogP contribution in [0.4, 0.5) is 0 Å². The van der Waals surface area contributed by atoms with Crippen LogP contribution in [0.2, 0.25) is 0 Å². The van der Waals surface area contributed by atoms with Crippen molar-refractivity contribution in [2.75, 3.05) is 13.3 Å². The first-order chi connectivity index (χ1) is 7.96. The Labute approximate surface area is 102 Å². The van der Waals surface area contributed by atoms with Gasteiger partial charge in [0, 0.05) is 12.1 Å². The van der Waals surface area contributed by atoms with Crippen LogP contribution < -0.4 is 14.8 Å². The summed E-state index contributed by atoms with van der Waals surface area (Å²) in [6.45, 7) is 6.98. The lowest BCUT2D eigenvalue weighted by Gasteiger charge is -2.23. The lowest BCUT2D eigenvalue weighted by Crippen LogP contribution is -2.38. The first-order valence-corrected chi connectivity index (χ1v) is 5.78. The summed E-state index contributed by atoms with van der Waals surface area (Å²) in [5.41, 5.74) is 0.836. The molecule has 1 aromatic carbocycles. The van der Waals surface area contributed by atoms with Crippen LogP contribution in [0.1, 0.15) is 32.4 Å². The summed E-state index contributed by atoms with van der Waals surface area (Å²) in [6, 6.07) is 5.53. The molecule has 0 aromatic heterocycles.